The fourth-order valence-corrected chi connectivity index (χ4v) is 3.69. The standard InChI is InChI=1S/C25H22F3N3O/c1-25(2,3)21-13-20(18-8-9-19(26)24(28)23(18)27)31(30-21)16-10-14-6-4-5-7-17(14)15(11-16)12-22(29)32/h4-11,13H,12H2,1-3H3,(H2,29,32). The van der Waals surface area contributed by atoms with Gasteiger partial charge in [-0.2, -0.15) is 5.10 Å². The number of rotatable bonds is 4. The molecule has 0 radical (unpaired) electrons. The third-order valence-corrected chi connectivity index (χ3v) is 5.33. The van der Waals surface area contributed by atoms with Gasteiger partial charge in [0.1, 0.15) is 0 Å². The van der Waals surface area contributed by atoms with Gasteiger partial charge in [0.25, 0.3) is 0 Å². The van der Waals surface area contributed by atoms with Crippen molar-refractivity contribution < 1.29 is 18.0 Å². The van der Waals surface area contributed by atoms with Gasteiger partial charge in [-0.15, -0.1) is 0 Å². The van der Waals surface area contributed by atoms with Gasteiger partial charge in [0.2, 0.25) is 5.91 Å². The van der Waals surface area contributed by atoms with E-state index >= 15 is 0 Å². The fourth-order valence-electron chi connectivity index (χ4n) is 3.69. The van der Waals surface area contributed by atoms with Crippen LogP contribution in [0, 0.1) is 17.5 Å². The highest BCUT2D eigenvalue weighted by molar-refractivity contribution is 5.91. The van der Waals surface area contributed by atoms with E-state index in [1.54, 1.807) is 12.1 Å². The predicted octanol–water partition coefficient (Wildman–Crippen LogP) is 5.44. The van der Waals surface area contributed by atoms with Crippen LogP contribution >= 0.6 is 0 Å². The Labute approximate surface area is 183 Å². The van der Waals surface area contributed by atoms with Crippen molar-refractivity contribution in [1.29, 1.82) is 0 Å². The van der Waals surface area contributed by atoms with E-state index in [1.807, 2.05) is 51.1 Å². The first kappa shape index (κ1) is 21.6. The molecular weight excluding hydrogens is 415 g/mol. The smallest absolute Gasteiger partial charge is 0.221 e. The Balaban J connectivity index is 2.02. The molecule has 2 N–H and O–H groups in total. The van der Waals surface area contributed by atoms with Crippen molar-refractivity contribution in [2.24, 2.45) is 5.73 Å². The van der Waals surface area contributed by atoms with E-state index in [-0.39, 0.29) is 23.1 Å². The summed E-state index contributed by atoms with van der Waals surface area (Å²) >= 11 is 0. The van der Waals surface area contributed by atoms with Gasteiger partial charge < -0.3 is 5.73 Å². The van der Waals surface area contributed by atoms with E-state index < -0.39 is 23.4 Å². The van der Waals surface area contributed by atoms with Crippen molar-refractivity contribution in [3.63, 3.8) is 0 Å². The summed E-state index contributed by atoms with van der Waals surface area (Å²) in [6.45, 7) is 5.85. The number of carbonyl (C=O) groups is 1. The molecule has 0 spiro atoms. The fraction of sp³-hybridized carbons (Fsp3) is 0.200. The average molecular weight is 437 g/mol. The van der Waals surface area contributed by atoms with E-state index in [2.05, 4.69) is 5.10 Å². The van der Waals surface area contributed by atoms with E-state index in [9.17, 15) is 18.0 Å². The number of benzene rings is 3. The first-order chi connectivity index (χ1) is 15.1. The van der Waals surface area contributed by atoms with Crippen LogP contribution < -0.4 is 5.73 Å². The Morgan fingerprint density at radius 3 is 2.41 bits per heavy atom. The molecule has 4 nitrogen and oxygen atoms in total. The van der Waals surface area contributed by atoms with Crippen molar-refractivity contribution in [2.45, 2.75) is 32.6 Å². The second kappa shape index (κ2) is 7.82. The van der Waals surface area contributed by atoms with Gasteiger partial charge in [0.05, 0.1) is 23.5 Å². The highest BCUT2D eigenvalue weighted by Gasteiger charge is 2.25. The number of fused-ring (bicyclic) bond motifs is 1. The van der Waals surface area contributed by atoms with Crippen molar-refractivity contribution in [3.8, 4) is 16.9 Å². The zero-order valence-corrected chi connectivity index (χ0v) is 17.9. The number of hydrogen-bond donors (Lipinski definition) is 1. The van der Waals surface area contributed by atoms with Gasteiger partial charge in [-0.1, -0.05) is 45.0 Å². The molecule has 4 aromatic rings. The molecule has 164 valence electrons. The van der Waals surface area contributed by atoms with E-state index in [0.29, 0.717) is 16.9 Å². The number of amides is 1. The number of primary amides is 1. The summed E-state index contributed by atoms with van der Waals surface area (Å²) in [5.74, 6) is -4.58. The van der Waals surface area contributed by atoms with Crippen molar-refractivity contribution in [1.82, 2.24) is 9.78 Å². The molecule has 1 heterocycles. The van der Waals surface area contributed by atoms with Crippen LogP contribution in [0.1, 0.15) is 32.0 Å². The van der Waals surface area contributed by atoms with Crippen LogP contribution in [-0.2, 0) is 16.6 Å². The predicted molar refractivity (Wildman–Crippen MR) is 118 cm³/mol. The molecule has 32 heavy (non-hydrogen) atoms. The van der Waals surface area contributed by atoms with Gasteiger partial charge >= 0.3 is 0 Å². The molecule has 0 aliphatic rings. The number of nitrogens with zero attached hydrogens (tertiary/aromatic N) is 2. The number of aromatic nitrogens is 2. The molecule has 7 heteroatoms. The Morgan fingerprint density at radius 2 is 1.72 bits per heavy atom. The lowest BCUT2D eigenvalue weighted by molar-refractivity contribution is -0.117. The topological polar surface area (TPSA) is 60.9 Å². The molecular formula is C25H22F3N3O. The third-order valence-electron chi connectivity index (χ3n) is 5.33. The molecule has 0 unspecified atom stereocenters. The summed E-state index contributed by atoms with van der Waals surface area (Å²) in [5.41, 5.74) is 7.10. The number of halogens is 3. The average Bonchev–Trinajstić information content (AvgIpc) is 3.17. The lowest BCUT2D eigenvalue weighted by Crippen LogP contribution is -2.15. The molecule has 0 saturated carbocycles. The second-order valence-corrected chi connectivity index (χ2v) is 8.77. The van der Waals surface area contributed by atoms with Crippen molar-refractivity contribution in [3.05, 3.63) is 83.3 Å². The lowest BCUT2D eigenvalue weighted by Gasteiger charge is -2.15. The largest absolute Gasteiger partial charge is 0.369 e. The highest BCUT2D eigenvalue weighted by atomic mass is 19.2. The first-order valence-electron chi connectivity index (χ1n) is 10.1. The van der Waals surface area contributed by atoms with Crippen LogP contribution in [0.3, 0.4) is 0 Å². The molecule has 0 aliphatic heterocycles. The summed E-state index contributed by atoms with van der Waals surface area (Å²) in [6.07, 6.45) is 0.0105. The molecule has 0 atom stereocenters. The molecule has 1 aromatic heterocycles. The Bertz CT molecular complexity index is 1350. The summed E-state index contributed by atoms with van der Waals surface area (Å²) < 4.78 is 43.8. The monoisotopic (exact) mass is 437 g/mol. The lowest BCUT2D eigenvalue weighted by atomic mass is 9.92. The SMILES string of the molecule is CC(C)(C)c1cc(-c2ccc(F)c(F)c2F)n(-c2cc(CC(N)=O)c3ccccc3c2)n1. The van der Waals surface area contributed by atoms with Gasteiger partial charge in [0.15, 0.2) is 17.5 Å². The number of nitrogens with two attached hydrogens (primary N) is 1. The maximum atomic E-state index is 14.7. The molecule has 3 aromatic carbocycles. The minimum atomic E-state index is -1.54. The second-order valence-electron chi connectivity index (χ2n) is 8.77. The zero-order chi connectivity index (χ0) is 23.2. The molecule has 0 saturated heterocycles. The Morgan fingerprint density at radius 1 is 1.00 bits per heavy atom. The van der Waals surface area contributed by atoms with Crippen LogP contribution in [0.4, 0.5) is 13.2 Å². The summed E-state index contributed by atoms with van der Waals surface area (Å²) in [6, 6.07) is 14.8. The summed E-state index contributed by atoms with van der Waals surface area (Å²) in [5, 5.41) is 6.36. The van der Waals surface area contributed by atoms with Crippen molar-refractivity contribution >= 4 is 16.7 Å². The molecule has 1 amide bonds. The molecule has 4 rings (SSSR count). The van der Waals surface area contributed by atoms with Gasteiger partial charge in [-0.05, 0) is 46.7 Å². The van der Waals surface area contributed by atoms with Crippen LogP contribution in [0.25, 0.3) is 27.7 Å². The highest BCUT2D eigenvalue weighted by Crippen LogP contribution is 2.34. The maximum absolute atomic E-state index is 14.7. The summed E-state index contributed by atoms with van der Waals surface area (Å²) in [4.78, 5) is 11.7. The summed E-state index contributed by atoms with van der Waals surface area (Å²) in [7, 11) is 0. The van der Waals surface area contributed by atoms with Crippen LogP contribution in [-0.4, -0.2) is 15.7 Å². The minimum Gasteiger partial charge on any atom is -0.369 e. The Hall–Kier alpha value is -3.61. The van der Waals surface area contributed by atoms with Gasteiger partial charge in [-0.25, -0.2) is 17.9 Å². The number of carbonyl (C=O) groups excluding carboxylic acids is 1. The molecule has 0 aliphatic carbocycles. The quantitative estimate of drug-likeness (QED) is 0.433. The first-order valence-corrected chi connectivity index (χ1v) is 10.1. The van der Waals surface area contributed by atoms with Gasteiger partial charge in [0, 0.05) is 11.0 Å². The van der Waals surface area contributed by atoms with Crippen LogP contribution in [0.15, 0.2) is 54.6 Å². The Kier molecular flexibility index (Phi) is 5.28. The van der Waals surface area contributed by atoms with Crippen LogP contribution in [0.5, 0.6) is 0 Å². The zero-order valence-electron chi connectivity index (χ0n) is 17.9. The van der Waals surface area contributed by atoms with E-state index in [4.69, 9.17) is 5.73 Å². The van der Waals surface area contributed by atoms with Gasteiger partial charge in [-0.3, -0.25) is 4.79 Å². The molecule has 0 fully saturated rings. The third kappa shape index (κ3) is 3.86. The molecule has 0 bridgehead atoms. The van der Waals surface area contributed by atoms with E-state index in [0.717, 1.165) is 16.8 Å². The maximum Gasteiger partial charge on any atom is 0.221 e. The van der Waals surface area contributed by atoms with Crippen molar-refractivity contribution in [2.75, 3.05) is 0 Å². The normalized spacial score (nSPS) is 11.8. The minimum absolute atomic E-state index is 0.0105. The van der Waals surface area contributed by atoms with Crippen LogP contribution in [0.2, 0.25) is 0 Å². The van der Waals surface area contributed by atoms with E-state index in [1.165, 1.54) is 10.7 Å². The number of hydrogen-bond acceptors (Lipinski definition) is 2.